The second kappa shape index (κ2) is 8.80. The van der Waals surface area contributed by atoms with Crippen LogP contribution in [0.3, 0.4) is 0 Å². The molecule has 14 nitrogen and oxygen atoms in total. The summed E-state index contributed by atoms with van der Waals surface area (Å²) in [4.78, 5) is 24.7. The van der Waals surface area contributed by atoms with Gasteiger partial charge in [0.1, 0.15) is 23.0 Å². The summed E-state index contributed by atoms with van der Waals surface area (Å²) in [6.07, 6.45) is 7.02. The monoisotopic (exact) mass is 538 g/mol. The molecule has 4 aromatic rings. The Kier molecular flexibility index (Phi) is 5.64. The van der Waals surface area contributed by atoms with Crippen LogP contribution in [0.25, 0.3) is 28.3 Å². The number of aryl methyl sites for hydroxylation is 1. The van der Waals surface area contributed by atoms with Crippen LogP contribution in [0.5, 0.6) is 0 Å². The molecule has 2 saturated heterocycles. The van der Waals surface area contributed by atoms with Gasteiger partial charge >= 0.3 is 0 Å². The molecule has 4 aromatic heterocycles. The number of aliphatic hydroxyl groups is 1. The standard InChI is InChI=1S/C23H26N10O4S/c1-31-29-22(28-30-31)17-6-3-12(9-25-17)16-10-26-33-21(24)20(38(2,36)37)19(27-23(16)33)13-7-14-4-5-15(8-13)32(14)18(35)11-34/h3,6,9-10,13-15,34H,4-5,7-8,11,24H2,1-2H3/t13-,14-,15?/m0/s1. The van der Waals surface area contributed by atoms with Gasteiger partial charge in [-0.2, -0.15) is 14.4 Å². The minimum atomic E-state index is -3.75. The molecule has 2 bridgehead atoms. The molecule has 15 heteroatoms. The summed E-state index contributed by atoms with van der Waals surface area (Å²) in [6, 6.07) is 3.43. The molecule has 1 amide bonds. The minimum Gasteiger partial charge on any atom is -0.387 e. The first-order valence-electron chi connectivity index (χ1n) is 12.2. The molecular weight excluding hydrogens is 512 g/mol. The molecule has 38 heavy (non-hydrogen) atoms. The topological polar surface area (TPSA) is 187 Å². The number of nitrogens with two attached hydrogens (primary N) is 1. The predicted octanol–water partition coefficient (Wildman–Crippen LogP) is 0.197. The van der Waals surface area contributed by atoms with Crippen molar-refractivity contribution < 1.29 is 18.3 Å². The van der Waals surface area contributed by atoms with Crippen molar-refractivity contribution >= 4 is 27.2 Å². The number of nitrogens with zero attached hydrogens (tertiary/aromatic N) is 9. The number of amides is 1. The Balaban J connectivity index is 1.44. The Morgan fingerprint density at radius 2 is 1.92 bits per heavy atom. The number of pyridine rings is 1. The van der Waals surface area contributed by atoms with Crippen molar-refractivity contribution in [3.8, 4) is 22.6 Å². The number of hydrogen-bond donors (Lipinski definition) is 2. The van der Waals surface area contributed by atoms with Gasteiger partial charge in [-0.15, -0.1) is 10.2 Å². The van der Waals surface area contributed by atoms with Crippen LogP contribution in [0.15, 0.2) is 29.4 Å². The lowest BCUT2D eigenvalue weighted by Crippen LogP contribution is -2.47. The molecule has 3 atom stereocenters. The lowest BCUT2D eigenvalue weighted by molar-refractivity contribution is -0.138. The van der Waals surface area contributed by atoms with E-state index in [0.717, 1.165) is 19.1 Å². The molecule has 0 aliphatic carbocycles. The Hall–Kier alpha value is -3.98. The third-order valence-corrected chi connectivity index (χ3v) is 8.55. The Labute approximate surface area is 217 Å². The van der Waals surface area contributed by atoms with Crippen molar-refractivity contribution in [2.24, 2.45) is 7.05 Å². The molecule has 6 heterocycles. The maximum Gasteiger partial charge on any atom is 0.248 e. The molecule has 3 N–H and O–H groups in total. The van der Waals surface area contributed by atoms with Crippen molar-refractivity contribution in [2.45, 2.75) is 48.6 Å². The van der Waals surface area contributed by atoms with Crippen molar-refractivity contribution in [2.75, 3.05) is 18.6 Å². The van der Waals surface area contributed by atoms with Crippen LogP contribution in [0.4, 0.5) is 5.82 Å². The molecule has 6 rings (SSSR count). The smallest absolute Gasteiger partial charge is 0.248 e. The number of carbonyl (C=O) groups excluding carboxylic acids is 1. The van der Waals surface area contributed by atoms with E-state index in [1.165, 1.54) is 9.31 Å². The van der Waals surface area contributed by atoms with Crippen LogP contribution in [-0.4, -0.2) is 89.1 Å². The van der Waals surface area contributed by atoms with E-state index < -0.39 is 16.4 Å². The molecular formula is C23H26N10O4S. The largest absolute Gasteiger partial charge is 0.387 e. The SMILES string of the molecule is Cn1nnc(-c2ccc(-c3cnn4c(N)c(S(C)(=O)=O)c([C@@H]5CC6CC[C@@H](C5)N6C(=O)CO)nc34)cn2)n1. The fourth-order valence-corrected chi connectivity index (χ4v) is 6.90. The Morgan fingerprint density at radius 1 is 1.18 bits per heavy atom. The molecule has 1 unspecified atom stereocenters. The number of sulfone groups is 1. The third-order valence-electron chi connectivity index (χ3n) is 7.39. The van der Waals surface area contributed by atoms with E-state index in [-0.39, 0.29) is 34.6 Å². The van der Waals surface area contributed by atoms with Gasteiger partial charge in [-0.1, -0.05) is 6.07 Å². The number of rotatable bonds is 5. The molecule has 198 valence electrons. The molecule has 0 spiro atoms. The fraction of sp³-hybridized carbons (Fsp3) is 0.435. The Morgan fingerprint density at radius 3 is 2.50 bits per heavy atom. The zero-order valence-electron chi connectivity index (χ0n) is 20.8. The van der Waals surface area contributed by atoms with Crippen molar-refractivity contribution in [1.82, 2.24) is 44.7 Å². The van der Waals surface area contributed by atoms with Gasteiger partial charge in [-0.05, 0) is 37.0 Å². The van der Waals surface area contributed by atoms with E-state index in [1.807, 2.05) is 6.07 Å². The number of hydrogen-bond acceptors (Lipinski definition) is 11. The second-order valence-electron chi connectivity index (χ2n) is 9.82. The van der Waals surface area contributed by atoms with E-state index >= 15 is 0 Å². The van der Waals surface area contributed by atoms with E-state index in [1.54, 1.807) is 30.4 Å². The quantitative estimate of drug-likeness (QED) is 0.353. The van der Waals surface area contributed by atoms with Gasteiger partial charge in [-0.25, -0.2) is 13.4 Å². The number of piperidine rings is 1. The van der Waals surface area contributed by atoms with E-state index in [0.29, 0.717) is 46.8 Å². The van der Waals surface area contributed by atoms with Gasteiger partial charge in [-0.3, -0.25) is 9.78 Å². The summed E-state index contributed by atoms with van der Waals surface area (Å²) < 4.78 is 27.2. The van der Waals surface area contributed by atoms with Gasteiger partial charge in [0.05, 0.1) is 18.9 Å². The maximum atomic E-state index is 12.9. The average molecular weight is 539 g/mol. The number of nitrogen functional groups attached to an aromatic ring is 1. The first-order chi connectivity index (χ1) is 18.2. The molecule has 0 radical (unpaired) electrons. The fourth-order valence-electron chi connectivity index (χ4n) is 5.84. The number of aliphatic hydroxyl groups excluding tert-OH is 1. The van der Waals surface area contributed by atoms with Crippen molar-refractivity contribution in [3.05, 3.63) is 30.2 Å². The zero-order valence-corrected chi connectivity index (χ0v) is 21.6. The normalized spacial score (nSPS) is 21.3. The number of tetrazole rings is 1. The zero-order chi connectivity index (χ0) is 26.8. The third kappa shape index (κ3) is 3.89. The van der Waals surface area contributed by atoms with E-state index in [4.69, 9.17) is 10.7 Å². The van der Waals surface area contributed by atoms with Crippen molar-refractivity contribution in [1.29, 1.82) is 0 Å². The number of carbonyl (C=O) groups is 1. The van der Waals surface area contributed by atoms with Gasteiger partial charge in [0.25, 0.3) is 0 Å². The van der Waals surface area contributed by atoms with Gasteiger partial charge in [0.15, 0.2) is 15.5 Å². The van der Waals surface area contributed by atoms with Crippen LogP contribution in [-0.2, 0) is 21.7 Å². The van der Waals surface area contributed by atoms with E-state index in [2.05, 4.69) is 25.5 Å². The van der Waals surface area contributed by atoms with E-state index in [9.17, 15) is 18.3 Å². The second-order valence-corrected chi connectivity index (χ2v) is 11.8. The van der Waals surface area contributed by atoms with Crippen LogP contribution < -0.4 is 5.73 Å². The lowest BCUT2D eigenvalue weighted by atomic mass is 9.87. The van der Waals surface area contributed by atoms with Crippen LogP contribution in [0.1, 0.15) is 37.3 Å². The lowest BCUT2D eigenvalue weighted by Gasteiger charge is -2.39. The molecule has 0 aromatic carbocycles. The van der Waals surface area contributed by atoms with Gasteiger partial charge in [0, 0.05) is 41.6 Å². The summed E-state index contributed by atoms with van der Waals surface area (Å²) >= 11 is 0. The molecule has 0 saturated carbocycles. The Bertz CT molecular complexity index is 1650. The van der Waals surface area contributed by atoms with Gasteiger partial charge in [0.2, 0.25) is 11.7 Å². The summed E-state index contributed by atoms with van der Waals surface area (Å²) in [6.45, 7) is -0.539. The summed E-state index contributed by atoms with van der Waals surface area (Å²) in [5.74, 6) is -0.138. The highest BCUT2D eigenvalue weighted by atomic mass is 32.2. The number of fused-ring (bicyclic) bond motifs is 3. The maximum absolute atomic E-state index is 12.9. The molecule has 2 aliphatic heterocycles. The summed E-state index contributed by atoms with van der Waals surface area (Å²) in [5.41, 5.74) is 9.13. The summed E-state index contributed by atoms with van der Waals surface area (Å²) in [5, 5.41) is 25.7. The first-order valence-corrected chi connectivity index (χ1v) is 14.0. The van der Waals surface area contributed by atoms with Crippen LogP contribution in [0.2, 0.25) is 0 Å². The highest BCUT2D eigenvalue weighted by Gasteiger charge is 2.45. The van der Waals surface area contributed by atoms with Crippen molar-refractivity contribution in [3.63, 3.8) is 0 Å². The highest BCUT2D eigenvalue weighted by Crippen LogP contribution is 2.45. The van der Waals surface area contributed by atoms with Gasteiger partial charge < -0.3 is 15.7 Å². The first kappa shape index (κ1) is 24.4. The number of aromatic nitrogens is 8. The molecule has 2 aliphatic rings. The predicted molar refractivity (Wildman–Crippen MR) is 134 cm³/mol. The molecule has 2 fully saturated rings. The average Bonchev–Trinajstić information content (AvgIpc) is 3.58. The van der Waals surface area contributed by atoms with Crippen LogP contribution in [0, 0.1) is 0 Å². The minimum absolute atomic E-state index is 0.00620. The number of anilines is 1. The summed E-state index contributed by atoms with van der Waals surface area (Å²) in [7, 11) is -2.08. The highest BCUT2D eigenvalue weighted by molar-refractivity contribution is 7.91. The van der Waals surface area contributed by atoms with Crippen LogP contribution >= 0.6 is 0 Å².